The Hall–Kier alpha value is -2.25. The molecule has 31 heavy (non-hydrogen) atoms. The van der Waals surface area contributed by atoms with Crippen molar-refractivity contribution < 1.29 is 13.2 Å². The highest BCUT2D eigenvalue weighted by Gasteiger charge is 2.31. The van der Waals surface area contributed by atoms with E-state index in [1.54, 1.807) is 6.20 Å². The molecule has 3 heterocycles. The number of carbonyl (C=O) groups is 1. The van der Waals surface area contributed by atoms with Crippen LogP contribution in [0, 0.1) is 13.8 Å². The molecule has 1 amide bonds. The van der Waals surface area contributed by atoms with Gasteiger partial charge in [0.15, 0.2) is 0 Å². The molecule has 0 bridgehead atoms. The van der Waals surface area contributed by atoms with E-state index in [2.05, 4.69) is 37.0 Å². The van der Waals surface area contributed by atoms with Crippen molar-refractivity contribution in [3.05, 3.63) is 64.5 Å². The molecule has 2 aliphatic rings. The SMILES string of the molecule is Cc1ccc([C@@H]2CCCN2C(=O)c2ccc(C3CCN(S(C)(=O)=O)CC3)nc2)cc1C. The van der Waals surface area contributed by atoms with Crippen molar-refractivity contribution in [1.82, 2.24) is 14.2 Å². The summed E-state index contributed by atoms with van der Waals surface area (Å²) in [5, 5.41) is 0. The van der Waals surface area contributed by atoms with E-state index in [1.165, 1.54) is 27.3 Å². The molecule has 166 valence electrons. The van der Waals surface area contributed by atoms with E-state index in [0.717, 1.165) is 37.9 Å². The van der Waals surface area contributed by atoms with Crippen molar-refractivity contribution in [2.75, 3.05) is 25.9 Å². The zero-order valence-electron chi connectivity index (χ0n) is 18.5. The third-order valence-electron chi connectivity index (χ3n) is 6.80. The molecule has 0 spiro atoms. The van der Waals surface area contributed by atoms with Crippen LogP contribution in [0.4, 0.5) is 0 Å². The van der Waals surface area contributed by atoms with Gasteiger partial charge < -0.3 is 4.90 Å². The molecule has 0 radical (unpaired) electrons. The van der Waals surface area contributed by atoms with Crippen LogP contribution in [0.1, 0.15) is 70.4 Å². The molecule has 7 heteroatoms. The Bertz CT molecular complexity index is 1060. The van der Waals surface area contributed by atoms with Crippen molar-refractivity contribution in [2.24, 2.45) is 0 Å². The van der Waals surface area contributed by atoms with Gasteiger partial charge in [-0.25, -0.2) is 12.7 Å². The number of rotatable bonds is 4. The van der Waals surface area contributed by atoms with Gasteiger partial charge in [-0.1, -0.05) is 18.2 Å². The minimum atomic E-state index is -3.13. The molecule has 2 fully saturated rings. The number of aryl methyl sites for hydroxylation is 2. The topological polar surface area (TPSA) is 70.6 Å². The van der Waals surface area contributed by atoms with Crippen molar-refractivity contribution in [2.45, 2.75) is 51.5 Å². The number of sulfonamides is 1. The number of piperidine rings is 1. The normalized spacial score (nSPS) is 20.9. The lowest BCUT2D eigenvalue weighted by Gasteiger charge is -2.30. The summed E-state index contributed by atoms with van der Waals surface area (Å²) in [5.74, 6) is 0.267. The van der Waals surface area contributed by atoms with Gasteiger partial charge in [-0.3, -0.25) is 9.78 Å². The van der Waals surface area contributed by atoms with Gasteiger partial charge >= 0.3 is 0 Å². The fourth-order valence-corrected chi connectivity index (χ4v) is 5.62. The Labute approximate surface area is 185 Å². The Morgan fingerprint density at radius 2 is 1.74 bits per heavy atom. The molecule has 0 unspecified atom stereocenters. The van der Waals surface area contributed by atoms with Crippen LogP contribution in [0.5, 0.6) is 0 Å². The molecule has 4 rings (SSSR count). The monoisotopic (exact) mass is 441 g/mol. The average Bonchev–Trinajstić information content (AvgIpc) is 3.25. The van der Waals surface area contributed by atoms with Crippen LogP contribution in [0.3, 0.4) is 0 Å². The Kier molecular flexibility index (Phi) is 6.17. The number of amides is 1. The third-order valence-corrected chi connectivity index (χ3v) is 8.11. The van der Waals surface area contributed by atoms with Gasteiger partial charge in [-0.2, -0.15) is 0 Å². The first kappa shape index (κ1) is 22.0. The van der Waals surface area contributed by atoms with Crippen molar-refractivity contribution in [1.29, 1.82) is 0 Å². The number of pyridine rings is 1. The van der Waals surface area contributed by atoms with Gasteiger partial charge in [0.1, 0.15) is 0 Å². The highest BCUT2D eigenvalue weighted by atomic mass is 32.2. The summed E-state index contributed by atoms with van der Waals surface area (Å²) < 4.78 is 24.9. The maximum atomic E-state index is 13.2. The lowest BCUT2D eigenvalue weighted by Crippen LogP contribution is -2.37. The van der Waals surface area contributed by atoms with Crippen LogP contribution in [0.2, 0.25) is 0 Å². The highest BCUT2D eigenvalue weighted by Crippen LogP contribution is 2.34. The molecule has 0 aliphatic carbocycles. The fraction of sp³-hybridized carbons (Fsp3) is 0.500. The maximum Gasteiger partial charge on any atom is 0.255 e. The van der Waals surface area contributed by atoms with Crippen LogP contribution in [-0.4, -0.2) is 54.4 Å². The molecule has 1 aromatic heterocycles. The average molecular weight is 442 g/mol. The zero-order valence-corrected chi connectivity index (χ0v) is 19.4. The summed E-state index contributed by atoms with van der Waals surface area (Å²) in [4.78, 5) is 19.8. The Balaban J connectivity index is 1.45. The van der Waals surface area contributed by atoms with E-state index in [0.29, 0.717) is 18.7 Å². The number of likely N-dealkylation sites (tertiary alicyclic amines) is 1. The van der Waals surface area contributed by atoms with Gasteiger partial charge in [0.2, 0.25) is 10.0 Å². The van der Waals surface area contributed by atoms with Crippen LogP contribution in [-0.2, 0) is 10.0 Å². The number of aromatic nitrogens is 1. The summed E-state index contributed by atoms with van der Waals surface area (Å²) in [6.07, 6.45) is 6.46. The fourth-order valence-electron chi connectivity index (χ4n) is 4.75. The van der Waals surface area contributed by atoms with Gasteiger partial charge in [0.05, 0.1) is 17.9 Å². The molecule has 2 saturated heterocycles. The van der Waals surface area contributed by atoms with E-state index in [-0.39, 0.29) is 17.9 Å². The van der Waals surface area contributed by atoms with E-state index in [1.807, 2.05) is 17.0 Å². The summed E-state index contributed by atoms with van der Waals surface area (Å²) in [5.41, 5.74) is 5.28. The first-order valence-corrected chi connectivity index (χ1v) is 12.9. The predicted octanol–water partition coefficient (Wildman–Crippen LogP) is 3.81. The van der Waals surface area contributed by atoms with Crippen LogP contribution >= 0.6 is 0 Å². The quantitative estimate of drug-likeness (QED) is 0.723. The number of hydrogen-bond acceptors (Lipinski definition) is 4. The molecular weight excluding hydrogens is 410 g/mol. The standard InChI is InChI=1S/C24H31N3O3S/c1-17-6-7-20(15-18(17)2)23-5-4-12-27(23)24(28)21-8-9-22(25-16-21)19-10-13-26(14-11-19)31(3,29)30/h6-9,15-16,19,23H,4-5,10-14H2,1-3H3/t23-/m0/s1. The molecule has 2 aromatic rings. The van der Waals surface area contributed by atoms with Crippen molar-refractivity contribution in [3.8, 4) is 0 Å². The number of nitrogens with zero attached hydrogens (tertiary/aromatic N) is 3. The van der Waals surface area contributed by atoms with E-state index in [9.17, 15) is 13.2 Å². The van der Waals surface area contributed by atoms with Gasteiger partial charge in [-0.05, 0) is 68.4 Å². The Morgan fingerprint density at radius 1 is 1.00 bits per heavy atom. The first-order valence-electron chi connectivity index (χ1n) is 11.0. The number of carbonyl (C=O) groups excluding carboxylic acids is 1. The van der Waals surface area contributed by atoms with E-state index >= 15 is 0 Å². The van der Waals surface area contributed by atoms with E-state index < -0.39 is 10.0 Å². The Morgan fingerprint density at radius 3 is 2.35 bits per heavy atom. The lowest BCUT2D eigenvalue weighted by molar-refractivity contribution is 0.0735. The number of hydrogen-bond donors (Lipinski definition) is 0. The molecule has 6 nitrogen and oxygen atoms in total. The molecule has 0 saturated carbocycles. The van der Waals surface area contributed by atoms with Gasteiger partial charge in [-0.15, -0.1) is 0 Å². The molecular formula is C24H31N3O3S. The highest BCUT2D eigenvalue weighted by molar-refractivity contribution is 7.88. The predicted molar refractivity (Wildman–Crippen MR) is 122 cm³/mol. The minimum absolute atomic E-state index is 0.0340. The summed E-state index contributed by atoms with van der Waals surface area (Å²) in [7, 11) is -3.13. The van der Waals surface area contributed by atoms with Crippen LogP contribution in [0.15, 0.2) is 36.5 Å². The summed E-state index contributed by atoms with van der Waals surface area (Å²) in [6, 6.07) is 10.4. The summed E-state index contributed by atoms with van der Waals surface area (Å²) >= 11 is 0. The largest absolute Gasteiger partial charge is 0.332 e. The maximum absolute atomic E-state index is 13.2. The smallest absolute Gasteiger partial charge is 0.255 e. The van der Waals surface area contributed by atoms with Gasteiger partial charge in [0, 0.05) is 37.4 Å². The second-order valence-corrected chi connectivity index (χ2v) is 10.9. The molecule has 2 aliphatic heterocycles. The second-order valence-electron chi connectivity index (χ2n) is 8.91. The third kappa shape index (κ3) is 4.67. The molecule has 1 atom stereocenters. The van der Waals surface area contributed by atoms with Gasteiger partial charge in [0.25, 0.3) is 5.91 Å². The van der Waals surface area contributed by atoms with Crippen molar-refractivity contribution >= 4 is 15.9 Å². The van der Waals surface area contributed by atoms with Crippen LogP contribution < -0.4 is 0 Å². The second kappa shape index (κ2) is 8.71. The van der Waals surface area contributed by atoms with Crippen molar-refractivity contribution in [3.63, 3.8) is 0 Å². The molecule has 1 aromatic carbocycles. The molecule has 0 N–H and O–H groups in total. The lowest BCUT2D eigenvalue weighted by atomic mass is 9.94. The first-order chi connectivity index (χ1) is 14.7. The summed E-state index contributed by atoms with van der Waals surface area (Å²) in [6.45, 7) is 6.04. The number of benzene rings is 1. The van der Waals surface area contributed by atoms with Crippen LogP contribution in [0.25, 0.3) is 0 Å². The zero-order chi connectivity index (χ0) is 22.2. The minimum Gasteiger partial charge on any atom is -0.332 e. The van der Waals surface area contributed by atoms with E-state index in [4.69, 9.17) is 0 Å².